The molecule has 2 nitrogen and oxygen atoms in total. The number of fused-ring (bicyclic) bond motifs is 1. The van der Waals surface area contributed by atoms with Gasteiger partial charge in [0, 0.05) is 13.1 Å². The summed E-state index contributed by atoms with van der Waals surface area (Å²) in [6.07, 6.45) is 7.31. The van der Waals surface area contributed by atoms with E-state index in [9.17, 15) is 5.11 Å². The third-order valence-electron chi connectivity index (χ3n) is 5.43. The Balaban J connectivity index is 1.52. The molecular weight excluding hydrogens is 270 g/mol. The van der Waals surface area contributed by atoms with Crippen LogP contribution in [0.3, 0.4) is 0 Å². The Morgan fingerprint density at radius 3 is 2.91 bits per heavy atom. The van der Waals surface area contributed by atoms with Gasteiger partial charge in [0.1, 0.15) is 0 Å². The second-order valence-corrected chi connectivity index (χ2v) is 8.19. The first-order chi connectivity index (χ1) is 10.5. The molecule has 0 radical (unpaired) electrons. The number of rotatable bonds is 4. The van der Waals surface area contributed by atoms with Crippen molar-refractivity contribution < 1.29 is 5.11 Å². The molecule has 3 rings (SSSR count). The molecule has 0 aromatic heterocycles. The number of aryl methyl sites for hydroxylation is 1. The lowest BCUT2D eigenvalue weighted by Crippen LogP contribution is -2.47. The van der Waals surface area contributed by atoms with Gasteiger partial charge in [-0.1, -0.05) is 38.1 Å². The van der Waals surface area contributed by atoms with Gasteiger partial charge in [0.05, 0.1) is 6.10 Å². The topological polar surface area (TPSA) is 23.5 Å². The monoisotopic (exact) mass is 301 g/mol. The van der Waals surface area contributed by atoms with Crippen LogP contribution in [0.15, 0.2) is 24.3 Å². The van der Waals surface area contributed by atoms with Crippen molar-refractivity contribution in [2.45, 2.75) is 64.4 Å². The molecule has 0 amide bonds. The fourth-order valence-electron chi connectivity index (χ4n) is 4.62. The van der Waals surface area contributed by atoms with Crippen molar-refractivity contribution in [2.75, 3.05) is 19.6 Å². The first kappa shape index (κ1) is 16.0. The lowest BCUT2D eigenvalue weighted by Gasteiger charge is -2.41. The van der Waals surface area contributed by atoms with Gasteiger partial charge in [-0.05, 0) is 67.5 Å². The van der Waals surface area contributed by atoms with Crippen molar-refractivity contribution in [3.8, 4) is 0 Å². The molecule has 2 unspecified atom stereocenters. The van der Waals surface area contributed by atoms with Crippen LogP contribution < -0.4 is 0 Å². The number of hydrogen-bond donors (Lipinski definition) is 1. The van der Waals surface area contributed by atoms with E-state index in [2.05, 4.69) is 43.0 Å². The van der Waals surface area contributed by atoms with Gasteiger partial charge in [0.25, 0.3) is 0 Å². The Morgan fingerprint density at radius 1 is 1.27 bits per heavy atom. The highest BCUT2D eigenvalue weighted by atomic mass is 16.3. The molecule has 0 saturated carbocycles. The minimum Gasteiger partial charge on any atom is -0.392 e. The van der Waals surface area contributed by atoms with Crippen LogP contribution in [0.2, 0.25) is 0 Å². The number of likely N-dealkylation sites (tertiary alicyclic amines) is 1. The molecule has 2 heteroatoms. The Kier molecular flexibility index (Phi) is 4.89. The van der Waals surface area contributed by atoms with E-state index in [4.69, 9.17) is 0 Å². The van der Waals surface area contributed by atoms with Crippen molar-refractivity contribution in [3.63, 3.8) is 0 Å². The third kappa shape index (κ3) is 3.91. The highest BCUT2D eigenvalue weighted by Gasteiger charge is 2.31. The summed E-state index contributed by atoms with van der Waals surface area (Å²) in [4.78, 5) is 2.48. The van der Waals surface area contributed by atoms with Crippen LogP contribution in [0.5, 0.6) is 0 Å². The van der Waals surface area contributed by atoms with Crippen LogP contribution in [0, 0.1) is 5.41 Å². The van der Waals surface area contributed by atoms with Crippen molar-refractivity contribution in [1.29, 1.82) is 0 Å². The maximum Gasteiger partial charge on any atom is 0.0672 e. The van der Waals surface area contributed by atoms with Crippen molar-refractivity contribution in [3.05, 3.63) is 35.4 Å². The van der Waals surface area contributed by atoms with Crippen molar-refractivity contribution in [2.24, 2.45) is 5.41 Å². The van der Waals surface area contributed by atoms with E-state index in [1.807, 2.05) is 0 Å². The molecule has 1 aliphatic heterocycles. The number of aliphatic hydroxyl groups is 1. The SMILES string of the molecule is CC1(C)CC(O)CN(CCCC2CCCc3ccccc32)C1. The molecule has 22 heavy (non-hydrogen) atoms. The average Bonchev–Trinajstić information content (AvgIpc) is 2.45. The summed E-state index contributed by atoms with van der Waals surface area (Å²) < 4.78 is 0. The van der Waals surface area contributed by atoms with Crippen molar-refractivity contribution >= 4 is 0 Å². The van der Waals surface area contributed by atoms with E-state index < -0.39 is 0 Å². The fraction of sp³-hybridized carbons (Fsp3) is 0.700. The molecule has 1 N–H and O–H groups in total. The second-order valence-electron chi connectivity index (χ2n) is 8.19. The van der Waals surface area contributed by atoms with E-state index in [-0.39, 0.29) is 11.5 Å². The molecule has 1 aromatic rings. The molecule has 2 aliphatic rings. The smallest absolute Gasteiger partial charge is 0.0672 e. The second kappa shape index (κ2) is 6.72. The summed E-state index contributed by atoms with van der Waals surface area (Å²) in [5.74, 6) is 0.757. The molecule has 0 bridgehead atoms. The maximum absolute atomic E-state index is 10.1. The quantitative estimate of drug-likeness (QED) is 0.909. The van der Waals surface area contributed by atoms with Gasteiger partial charge in [-0.15, -0.1) is 0 Å². The van der Waals surface area contributed by atoms with Crippen LogP contribution in [0.25, 0.3) is 0 Å². The Bertz CT molecular complexity index is 496. The largest absolute Gasteiger partial charge is 0.392 e. The minimum absolute atomic E-state index is 0.140. The van der Waals surface area contributed by atoms with Gasteiger partial charge < -0.3 is 10.0 Å². The lowest BCUT2D eigenvalue weighted by atomic mass is 9.80. The predicted molar refractivity (Wildman–Crippen MR) is 92.2 cm³/mol. The van der Waals surface area contributed by atoms with Crippen LogP contribution in [-0.4, -0.2) is 35.7 Å². The van der Waals surface area contributed by atoms with Gasteiger partial charge in [-0.2, -0.15) is 0 Å². The Labute approximate surface area is 135 Å². The number of piperidine rings is 1. The number of benzene rings is 1. The Hall–Kier alpha value is -0.860. The zero-order valence-electron chi connectivity index (χ0n) is 14.2. The zero-order valence-corrected chi connectivity index (χ0v) is 14.2. The van der Waals surface area contributed by atoms with Gasteiger partial charge in [0.15, 0.2) is 0 Å². The van der Waals surface area contributed by atoms with Gasteiger partial charge in [-0.3, -0.25) is 0 Å². The van der Waals surface area contributed by atoms with Crippen LogP contribution in [0.4, 0.5) is 0 Å². The average molecular weight is 301 g/mol. The summed E-state index contributed by atoms with van der Waals surface area (Å²) in [5.41, 5.74) is 3.44. The Morgan fingerprint density at radius 2 is 2.09 bits per heavy atom. The minimum atomic E-state index is -0.140. The van der Waals surface area contributed by atoms with Crippen LogP contribution in [-0.2, 0) is 6.42 Å². The van der Waals surface area contributed by atoms with E-state index in [1.54, 1.807) is 11.1 Å². The molecule has 2 atom stereocenters. The molecule has 1 aliphatic carbocycles. The number of nitrogens with zero attached hydrogens (tertiary/aromatic N) is 1. The fourth-order valence-corrected chi connectivity index (χ4v) is 4.62. The number of β-amino-alcohol motifs (C(OH)–C–C–N with tert-alkyl or cyclic N) is 1. The highest BCUT2D eigenvalue weighted by molar-refractivity contribution is 5.32. The summed E-state index contributed by atoms with van der Waals surface area (Å²) in [6.45, 7) is 7.69. The number of aliphatic hydroxyl groups excluding tert-OH is 1. The summed E-state index contributed by atoms with van der Waals surface area (Å²) in [7, 11) is 0. The summed E-state index contributed by atoms with van der Waals surface area (Å²) in [5, 5.41) is 10.1. The standard InChI is InChI=1S/C20H31NO/c1-20(2)13-18(22)14-21(15-20)12-6-10-17-9-5-8-16-7-3-4-11-19(16)17/h3-4,7,11,17-18,22H,5-6,8-10,12-15H2,1-2H3. The van der Waals surface area contributed by atoms with Gasteiger partial charge in [-0.25, -0.2) is 0 Å². The van der Waals surface area contributed by atoms with E-state index in [0.717, 1.165) is 32.0 Å². The van der Waals surface area contributed by atoms with Gasteiger partial charge in [0.2, 0.25) is 0 Å². The third-order valence-corrected chi connectivity index (χ3v) is 5.43. The molecule has 0 spiro atoms. The number of hydrogen-bond acceptors (Lipinski definition) is 2. The van der Waals surface area contributed by atoms with Crippen molar-refractivity contribution in [1.82, 2.24) is 4.90 Å². The summed E-state index contributed by atoms with van der Waals surface area (Å²) in [6, 6.07) is 9.02. The summed E-state index contributed by atoms with van der Waals surface area (Å²) >= 11 is 0. The highest BCUT2D eigenvalue weighted by Crippen LogP contribution is 2.35. The van der Waals surface area contributed by atoms with Gasteiger partial charge >= 0.3 is 0 Å². The molecule has 1 heterocycles. The van der Waals surface area contributed by atoms with E-state index in [0.29, 0.717) is 0 Å². The maximum atomic E-state index is 10.1. The molecule has 1 fully saturated rings. The van der Waals surface area contributed by atoms with E-state index in [1.165, 1.54) is 32.1 Å². The lowest BCUT2D eigenvalue weighted by molar-refractivity contribution is 0.00567. The molecular formula is C20H31NO. The normalized spacial score (nSPS) is 28.3. The predicted octanol–water partition coefficient (Wildman–Crippen LogP) is 3.98. The first-order valence-electron chi connectivity index (χ1n) is 9.02. The molecule has 1 aromatic carbocycles. The molecule has 122 valence electrons. The van der Waals surface area contributed by atoms with Crippen LogP contribution in [0.1, 0.15) is 63.0 Å². The van der Waals surface area contributed by atoms with E-state index >= 15 is 0 Å². The zero-order chi connectivity index (χ0) is 15.6. The van der Waals surface area contributed by atoms with Crippen LogP contribution >= 0.6 is 0 Å². The first-order valence-corrected chi connectivity index (χ1v) is 9.02. The molecule has 1 saturated heterocycles.